The summed E-state index contributed by atoms with van der Waals surface area (Å²) in [6.07, 6.45) is 12.1. The molecule has 0 aromatic heterocycles. The number of carbonyl (C=O) groups is 1. The smallest absolute Gasteiger partial charge is 0.303 e. The zero-order chi connectivity index (χ0) is 59.4. The van der Waals surface area contributed by atoms with Crippen LogP contribution in [0.25, 0.3) is 21.5 Å². The fourth-order valence-corrected chi connectivity index (χ4v) is 14.1. The lowest BCUT2D eigenvalue weighted by Crippen LogP contribution is -2.32. The Morgan fingerprint density at radius 1 is 0.588 bits per heavy atom. The molecule has 438 valence electrons. The number of benzene rings is 4. The van der Waals surface area contributed by atoms with Crippen molar-refractivity contribution >= 4 is 105 Å². The monoisotopic (exact) mass is 1230 g/mol. The molecule has 0 saturated heterocycles. The number of fused-ring (bicyclic) bond motifs is 6. The van der Waals surface area contributed by atoms with Crippen LogP contribution >= 0.6 is 0 Å². The van der Waals surface area contributed by atoms with E-state index in [9.17, 15) is 87.7 Å². The number of methoxy groups -OCH3 is 1. The number of unbranched alkanes of at least 4 members (excludes halogenated alkanes) is 2. The summed E-state index contributed by atoms with van der Waals surface area (Å²) >= 11 is 0. The number of ether oxygens (including phenoxy) is 2. The average molecular weight is 1230 g/mol. The largest absolute Gasteiger partial charge is 0.481 e. The molecular weight excluding hydrogens is 1170 g/mol. The standard InChI is InChI=1S/C50H60N2O22S6/c1-49(21-12-28-75(55,56)57)44(52(24-13-29-76(58,59)60)40-19-17-36-38(47(40)49)30-34(77(61,62)63)32-42(36)79(67,68)69)14-8-5-4-6-9-15-45-50(2,22-25-74-27-26-73-3)48-39-31-35(78(64,65)66)33-43(80(70,71)72)37(39)18-20-41(48)51(45)23-11-7-10-16-46(53)54/h4-6,8-9,14-15,17-20,30-33H,7,10-13,16,21-29H2,1-3H3,(H6-,53,54,55,56,57,58,59,60,61,62,63,64,65,66,67,68,69,70,71,72)/p+1. The van der Waals surface area contributed by atoms with Crippen LogP contribution < -0.4 is 4.90 Å². The maximum absolute atomic E-state index is 12.8. The number of rotatable bonds is 28. The Labute approximate surface area is 464 Å². The quantitative estimate of drug-likeness (QED) is 0.0142. The Kier molecular flexibility index (Phi) is 19.7. The van der Waals surface area contributed by atoms with Gasteiger partial charge < -0.3 is 19.5 Å². The van der Waals surface area contributed by atoms with Crippen LogP contribution in [0.3, 0.4) is 0 Å². The van der Waals surface area contributed by atoms with Gasteiger partial charge in [0, 0.05) is 78.4 Å². The molecule has 80 heavy (non-hydrogen) atoms. The number of anilines is 1. The molecule has 2 heterocycles. The third kappa shape index (κ3) is 15.0. The van der Waals surface area contributed by atoms with Crippen LogP contribution in [0.15, 0.2) is 116 Å². The van der Waals surface area contributed by atoms with Crippen molar-refractivity contribution in [3.8, 4) is 0 Å². The second-order valence-electron chi connectivity index (χ2n) is 19.5. The lowest BCUT2D eigenvalue weighted by atomic mass is 9.74. The molecule has 24 nitrogen and oxygen atoms in total. The van der Waals surface area contributed by atoms with Gasteiger partial charge in [-0.25, -0.2) is 0 Å². The van der Waals surface area contributed by atoms with Gasteiger partial charge in [-0.3, -0.25) is 32.1 Å². The third-order valence-electron chi connectivity index (χ3n) is 13.9. The van der Waals surface area contributed by atoms with Crippen molar-refractivity contribution < 1.29 is 102 Å². The Morgan fingerprint density at radius 2 is 1.14 bits per heavy atom. The number of hydrogen-bond donors (Lipinski definition) is 7. The SMILES string of the molecule is COCCOCCC1(C)\C(=C/C=C/C=C/C=C/C2=[N+](CCCS(=O)(=O)O)c3ccc4c(S(=O)(=O)O)cc(S(=O)(=O)O)cc4c3C2(C)CCCS(=O)(=O)O)N(CCCCCC(=O)O)c2ccc3c(S(=O)(=O)O)cc(S(=O)(=O)O)cc3c21. The molecular formula is C50H61N2O22S6+. The van der Waals surface area contributed by atoms with E-state index in [1.807, 2.05) is 11.8 Å². The van der Waals surface area contributed by atoms with E-state index in [0.717, 1.165) is 12.1 Å². The molecule has 0 fully saturated rings. The first-order valence-corrected chi connectivity index (χ1v) is 33.5. The minimum absolute atomic E-state index is 0.0493. The van der Waals surface area contributed by atoms with Gasteiger partial charge in [0.25, 0.3) is 60.7 Å². The molecule has 4 aromatic rings. The van der Waals surface area contributed by atoms with Crippen molar-refractivity contribution in [3.63, 3.8) is 0 Å². The van der Waals surface area contributed by atoms with Crippen molar-refractivity contribution in [1.29, 1.82) is 0 Å². The number of carboxylic acids is 1. The maximum Gasteiger partial charge on any atom is 0.303 e. The van der Waals surface area contributed by atoms with Crippen molar-refractivity contribution in [1.82, 2.24) is 0 Å². The van der Waals surface area contributed by atoms with E-state index in [1.165, 1.54) is 25.3 Å². The summed E-state index contributed by atoms with van der Waals surface area (Å²) in [5.41, 5.74) is -0.289. The zero-order valence-corrected chi connectivity index (χ0v) is 48.3. The number of hydrogen-bond acceptors (Lipinski definition) is 16. The van der Waals surface area contributed by atoms with Crippen molar-refractivity contribution in [2.75, 3.05) is 56.4 Å². The summed E-state index contributed by atoms with van der Waals surface area (Å²) in [7, 11) is -28.0. The Bertz CT molecular complexity index is 3970. The highest BCUT2D eigenvalue weighted by atomic mass is 32.2. The van der Waals surface area contributed by atoms with Gasteiger partial charge in [-0.05, 0) is 105 Å². The molecule has 2 aliphatic heterocycles. The molecule has 7 N–H and O–H groups in total. The van der Waals surface area contributed by atoms with Crippen LogP contribution in [0.4, 0.5) is 11.4 Å². The molecule has 0 saturated carbocycles. The summed E-state index contributed by atoms with van der Waals surface area (Å²) in [6, 6.07) is 9.00. The lowest BCUT2D eigenvalue weighted by Gasteiger charge is -2.31. The van der Waals surface area contributed by atoms with Gasteiger partial charge in [-0.15, -0.1) is 0 Å². The van der Waals surface area contributed by atoms with Crippen LogP contribution in [0, 0.1) is 0 Å². The van der Waals surface area contributed by atoms with Gasteiger partial charge in [0.1, 0.15) is 16.3 Å². The first-order valence-electron chi connectivity index (χ1n) is 24.5. The molecule has 4 aromatic carbocycles. The highest BCUT2D eigenvalue weighted by Crippen LogP contribution is 2.54. The predicted molar refractivity (Wildman–Crippen MR) is 295 cm³/mol. The Balaban J connectivity index is 1.50. The first kappa shape index (κ1) is 63.9. The van der Waals surface area contributed by atoms with Crippen LogP contribution in [-0.2, 0) is 85.8 Å². The average Bonchev–Trinajstić information content (AvgIpc) is 3.71. The van der Waals surface area contributed by atoms with Gasteiger partial charge in [-0.1, -0.05) is 42.9 Å². The van der Waals surface area contributed by atoms with Crippen LogP contribution in [0.1, 0.15) is 76.3 Å². The van der Waals surface area contributed by atoms with E-state index < -0.39 is 109 Å². The van der Waals surface area contributed by atoms with E-state index in [4.69, 9.17) is 9.47 Å². The second kappa shape index (κ2) is 24.6. The second-order valence-corrected chi connectivity index (χ2v) is 28.2. The minimum atomic E-state index is -5.18. The lowest BCUT2D eigenvalue weighted by molar-refractivity contribution is -0.437. The van der Waals surface area contributed by atoms with E-state index in [-0.39, 0.29) is 97.8 Å². The minimum Gasteiger partial charge on any atom is -0.481 e. The molecule has 6 rings (SSSR count). The molecule has 0 amide bonds. The molecule has 0 spiro atoms. The number of carboxylic acid groups (broad SMARTS) is 1. The number of allylic oxidation sites excluding steroid dienone is 8. The topological polar surface area (TPSA) is 388 Å². The number of aliphatic carboxylic acids is 1. The third-order valence-corrected chi connectivity index (χ3v) is 19.0. The van der Waals surface area contributed by atoms with Crippen LogP contribution in [0.5, 0.6) is 0 Å². The molecule has 0 bridgehead atoms. The van der Waals surface area contributed by atoms with Gasteiger partial charge >= 0.3 is 5.97 Å². The summed E-state index contributed by atoms with van der Waals surface area (Å²) in [5, 5.41) is 9.01. The highest BCUT2D eigenvalue weighted by Gasteiger charge is 2.49. The predicted octanol–water partition coefficient (Wildman–Crippen LogP) is 6.31. The molecule has 2 atom stereocenters. The van der Waals surface area contributed by atoms with Crippen LogP contribution in [-0.4, -0.2) is 151 Å². The van der Waals surface area contributed by atoms with Crippen molar-refractivity contribution in [2.45, 2.75) is 95.6 Å². The van der Waals surface area contributed by atoms with Gasteiger partial charge in [0.15, 0.2) is 5.71 Å². The van der Waals surface area contributed by atoms with Gasteiger partial charge in [0.05, 0.1) is 39.9 Å². The first-order chi connectivity index (χ1) is 37.0. The summed E-state index contributed by atoms with van der Waals surface area (Å²) in [4.78, 5) is 9.89. The summed E-state index contributed by atoms with van der Waals surface area (Å²) < 4.78 is 222. The Hall–Kier alpha value is -5.32. The molecule has 0 radical (unpaired) electrons. The number of nitrogens with zero attached hydrogens (tertiary/aromatic N) is 2. The van der Waals surface area contributed by atoms with E-state index in [0.29, 0.717) is 54.1 Å². The maximum atomic E-state index is 12.8. The van der Waals surface area contributed by atoms with Gasteiger partial charge in [-0.2, -0.15) is 55.1 Å². The van der Waals surface area contributed by atoms with Crippen molar-refractivity contribution in [3.05, 3.63) is 108 Å². The van der Waals surface area contributed by atoms with E-state index in [2.05, 4.69) is 0 Å². The molecule has 2 unspecified atom stereocenters. The fourth-order valence-electron chi connectivity index (χ4n) is 10.5. The molecule has 2 aliphatic rings. The molecule has 30 heteroatoms. The zero-order valence-electron chi connectivity index (χ0n) is 43.4. The Morgan fingerprint density at radius 3 is 1.69 bits per heavy atom. The summed E-state index contributed by atoms with van der Waals surface area (Å²) in [6.45, 7) is 4.10. The normalized spacial score (nSPS) is 19.0. The fraction of sp³-hybridized carbons (Fsp3) is 0.400. The highest BCUT2D eigenvalue weighted by molar-refractivity contribution is 7.87. The summed E-state index contributed by atoms with van der Waals surface area (Å²) in [5.74, 6) is -2.45. The van der Waals surface area contributed by atoms with E-state index >= 15 is 0 Å². The van der Waals surface area contributed by atoms with E-state index in [1.54, 1.807) is 60.1 Å². The van der Waals surface area contributed by atoms with Crippen molar-refractivity contribution in [2.24, 2.45) is 0 Å². The van der Waals surface area contributed by atoms with Crippen LogP contribution in [0.2, 0.25) is 0 Å². The van der Waals surface area contributed by atoms with Gasteiger partial charge in [0.2, 0.25) is 5.69 Å². The molecule has 0 aliphatic carbocycles.